The summed E-state index contributed by atoms with van der Waals surface area (Å²) in [6.07, 6.45) is -0.751. The number of benzene rings is 4. The molecule has 0 spiro atoms. The Morgan fingerprint density at radius 1 is 0.608 bits per heavy atom. The second-order valence-electron chi connectivity index (χ2n) is 12.7. The number of alkyl carbamates (subject to hydrolysis) is 1. The van der Waals surface area contributed by atoms with E-state index in [1.165, 1.54) is 0 Å². The molecule has 11 heteroatoms. The van der Waals surface area contributed by atoms with Gasteiger partial charge in [0.1, 0.15) is 43.2 Å². The highest BCUT2D eigenvalue weighted by Crippen LogP contribution is 2.16. The lowest BCUT2D eigenvalue weighted by molar-refractivity contribution is -0.145. The van der Waals surface area contributed by atoms with Gasteiger partial charge >= 0.3 is 12.1 Å². The number of carbonyl (C=O) groups is 4. The van der Waals surface area contributed by atoms with E-state index >= 15 is 0 Å². The van der Waals surface area contributed by atoms with Crippen molar-refractivity contribution in [3.63, 3.8) is 0 Å². The molecule has 0 saturated carbocycles. The van der Waals surface area contributed by atoms with Gasteiger partial charge in [0.25, 0.3) is 0 Å². The number of amides is 3. The fraction of sp³-hybridized carbons (Fsp3) is 0.300. The average molecular weight is 696 g/mol. The van der Waals surface area contributed by atoms with E-state index in [1.807, 2.05) is 91.0 Å². The van der Waals surface area contributed by atoms with E-state index in [0.717, 1.165) is 16.7 Å². The molecule has 0 fully saturated rings. The van der Waals surface area contributed by atoms with Gasteiger partial charge in [-0.05, 0) is 55.2 Å². The second kappa shape index (κ2) is 19.5. The summed E-state index contributed by atoms with van der Waals surface area (Å²) in [7, 11) is 0. The molecule has 4 aromatic carbocycles. The number of nitrogens with one attached hydrogen (secondary N) is 3. The van der Waals surface area contributed by atoms with Crippen LogP contribution in [0, 0.1) is 0 Å². The van der Waals surface area contributed by atoms with Crippen LogP contribution in [0.4, 0.5) is 4.79 Å². The van der Waals surface area contributed by atoms with Crippen LogP contribution in [0.3, 0.4) is 0 Å². The number of ether oxygens (including phenoxy) is 4. The Bertz CT molecular complexity index is 1680. The zero-order valence-electron chi connectivity index (χ0n) is 29.1. The highest BCUT2D eigenvalue weighted by molar-refractivity contribution is 5.92. The number of esters is 1. The third kappa shape index (κ3) is 14.4. The van der Waals surface area contributed by atoms with Crippen molar-refractivity contribution < 1.29 is 38.1 Å². The van der Waals surface area contributed by atoms with Gasteiger partial charge in [0, 0.05) is 6.42 Å². The van der Waals surface area contributed by atoms with Gasteiger partial charge in [-0.1, -0.05) is 103 Å². The standard InChI is InChI=1S/C40H45N3O8/c1-40(2,3)51-39(47)43-35(28-48-25-30-13-7-4-8-14-30)38(46)42-34(37(45)41-24-36(44)50-27-32-17-11-6-12-18-32)23-29-19-21-33(22-20-29)49-26-31-15-9-5-10-16-31/h4-22,34-35H,23-28H2,1-3H3,(H,41,45)(H,42,46)(H,43,47)/t34-,35-/m0/s1. The van der Waals surface area contributed by atoms with E-state index in [9.17, 15) is 19.2 Å². The maximum Gasteiger partial charge on any atom is 0.408 e. The number of hydrogen-bond acceptors (Lipinski definition) is 8. The first-order valence-corrected chi connectivity index (χ1v) is 16.7. The minimum absolute atomic E-state index is 0.0510. The van der Waals surface area contributed by atoms with Crippen molar-refractivity contribution >= 4 is 23.9 Å². The van der Waals surface area contributed by atoms with Gasteiger partial charge in [-0.25, -0.2) is 4.79 Å². The fourth-order valence-corrected chi connectivity index (χ4v) is 4.75. The van der Waals surface area contributed by atoms with E-state index in [2.05, 4.69) is 16.0 Å². The van der Waals surface area contributed by atoms with E-state index in [4.69, 9.17) is 18.9 Å². The zero-order valence-corrected chi connectivity index (χ0v) is 29.1. The van der Waals surface area contributed by atoms with Crippen LogP contribution >= 0.6 is 0 Å². The average Bonchev–Trinajstić information content (AvgIpc) is 3.12. The first kappa shape index (κ1) is 38.1. The number of rotatable bonds is 17. The lowest BCUT2D eigenvalue weighted by Gasteiger charge is -2.25. The molecule has 0 radical (unpaired) electrons. The molecule has 4 aromatic rings. The van der Waals surface area contributed by atoms with Crippen LogP contribution in [0.2, 0.25) is 0 Å². The van der Waals surface area contributed by atoms with E-state index in [-0.39, 0.29) is 26.2 Å². The highest BCUT2D eigenvalue weighted by Gasteiger charge is 2.29. The molecule has 3 amide bonds. The van der Waals surface area contributed by atoms with Crippen LogP contribution in [0.15, 0.2) is 115 Å². The van der Waals surface area contributed by atoms with Gasteiger partial charge in [0.05, 0.1) is 13.2 Å². The van der Waals surface area contributed by atoms with Crippen LogP contribution in [-0.4, -0.2) is 54.7 Å². The molecule has 0 aliphatic rings. The van der Waals surface area contributed by atoms with Crippen molar-refractivity contribution in [2.45, 2.75) is 64.7 Å². The summed E-state index contributed by atoms with van der Waals surface area (Å²) < 4.78 is 22.4. The lowest BCUT2D eigenvalue weighted by Crippen LogP contribution is -2.56. The van der Waals surface area contributed by atoms with Crippen LogP contribution in [-0.2, 0) is 54.8 Å². The Labute approximate surface area is 298 Å². The van der Waals surface area contributed by atoms with E-state index < -0.39 is 48.1 Å². The number of carbonyl (C=O) groups excluding carboxylic acids is 4. The molecule has 0 aromatic heterocycles. The van der Waals surface area contributed by atoms with Crippen LogP contribution in [0.5, 0.6) is 5.75 Å². The SMILES string of the molecule is CC(C)(C)OC(=O)N[C@@H](COCc1ccccc1)C(=O)N[C@@H](Cc1ccc(OCc2ccccc2)cc1)C(=O)NCC(=O)OCc1ccccc1. The van der Waals surface area contributed by atoms with Gasteiger partial charge in [-0.2, -0.15) is 0 Å². The molecule has 268 valence electrons. The largest absolute Gasteiger partial charge is 0.489 e. The normalized spacial score (nSPS) is 12.1. The summed E-state index contributed by atoms with van der Waals surface area (Å²) >= 11 is 0. The predicted molar refractivity (Wildman–Crippen MR) is 191 cm³/mol. The molecule has 0 saturated heterocycles. The van der Waals surface area contributed by atoms with Crippen molar-refractivity contribution in [3.8, 4) is 5.75 Å². The quantitative estimate of drug-likeness (QED) is 0.127. The Morgan fingerprint density at radius 3 is 1.73 bits per heavy atom. The Hall–Kier alpha value is -5.68. The van der Waals surface area contributed by atoms with Crippen molar-refractivity contribution in [1.82, 2.24) is 16.0 Å². The molecule has 0 heterocycles. The van der Waals surface area contributed by atoms with Crippen molar-refractivity contribution in [1.29, 1.82) is 0 Å². The first-order chi connectivity index (χ1) is 24.5. The zero-order chi connectivity index (χ0) is 36.5. The minimum Gasteiger partial charge on any atom is -0.489 e. The van der Waals surface area contributed by atoms with Crippen LogP contribution in [0.1, 0.15) is 43.0 Å². The van der Waals surface area contributed by atoms with Crippen molar-refractivity contribution in [2.24, 2.45) is 0 Å². The number of hydrogen-bond donors (Lipinski definition) is 3. The van der Waals surface area contributed by atoms with Gasteiger partial charge in [0.2, 0.25) is 11.8 Å². The van der Waals surface area contributed by atoms with E-state index in [0.29, 0.717) is 17.9 Å². The Morgan fingerprint density at radius 2 is 1.16 bits per heavy atom. The molecule has 0 aliphatic heterocycles. The van der Waals surface area contributed by atoms with Crippen LogP contribution < -0.4 is 20.7 Å². The van der Waals surface area contributed by atoms with Gasteiger partial charge in [-0.3, -0.25) is 14.4 Å². The highest BCUT2D eigenvalue weighted by atomic mass is 16.6. The Balaban J connectivity index is 1.44. The third-order valence-corrected chi connectivity index (χ3v) is 7.30. The summed E-state index contributed by atoms with van der Waals surface area (Å²) in [5.74, 6) is -1.31. The van der Waals surface area contributed by atoms with Gasteiger partial charge < -0.3 is 34.9 Å². The summed E-state index contributed by atoms with van der Waals surface area (Å²) in [6.45, 7) is 5.13. The summed E-state index contributed by atoms with van der Waals surface area (Å²) in [6, 6.07) is 33.1. The predicted octanol–water partition coefficient (Wildman–Crippen LogP) is 5.26. The lowest BCUT2D eigenvalue weighted by atomic mass is 10.0. The smallest absolute Gasteiger partial charge is 0.408 e. The van der Waals surface area contributed by atoms with Gasteiger partial charge in [-0.15, -0.1) is 0 Å². The molecule has 4 rings (SSSR count). The fourth-order valence-electron chi connectivity index (χ4n) is 4.75. The van der Waals surface area contributed by atoms with Crippen molar-refractivity contribution in [2.75, 3.05) is 13.2 Å². The second-order valence-corrected chi connectivity index (χ2v) is 12.7. The molecule has 11 nitrogen and oxygen atoms in total. The molecule has 2 atom stereocenters. The molecule has 0 unspecified atom stereocenters. The summed E-state index contributed by atoms with van der Waals surface area (Å²) in [5, 5.41) is 7.88. The maximum absolute atomic E-state index is 13.7. The molecule has 51 heavy (non-hydrogen) atoms. The summed E-state index contributed by atoms with van der Waals surface area (Å²) in [5.41, 5.74) is 2.60. The molecular formula is C40H45N3O8. The minimum atomic E-state index is -1.21. The molecule has 0 aliphatic carbocycles. The molecule has 0 bridgehead atoms. The Kier molecular flexibility index (Phi) is 14.6. The summed E-state index contributed by atoms with van der Waals surface area (Å²) in [4.78, 5) is 52.4. The third-order valence-electron chi connectivity index (χ3n) is 7.30. The molecule has 3 N–H and O–H groups in total. The first-order valence-electron chi connectivity index (χ1n) is 16.7. The van der Waals surface area contributed by atoms with Gasteiger partial charge in [0.15, 0.2) is 0 Å². The monoisotopic (exact) mass is 695 g/mol. The maximum atomic E-state index is 13.7. The molecular weight excluding hydrogens is 650 g/mol. The van der Waals surface area contributed by atoms with E-state index in [1.54, 1.807) is 45.0 Å². The topological polar surface area (TPSA) is 141 Å². The van der Waals surface area contributed by atoms with Crippen LogP contribution in [0.25, 0.3) is 0 Å². The van der Waals surface area contributed by atoms with Crippen molar-refractivity contribution in [3.05, 3.63) is 138 Å².